The highest BCUT2D eigenvalue weighted by molar-refractivity contribution is 7.26. The van der Waals surface area contributed by atoms with Gasteiger partial charge in [0.2, 0.25) is 0 Å². The van der Waals surface area contributed by atoms with Gasteiger partial charge in [0.05, 0.1) is 0 Å². The standard InChI is InChI=1S/C51H29N3OS/c1-2-12-30(13-3-1)49-52-50(54-51(53-49)42-21-11-23-45-47(42)41-18-8-9-22-44(41)55-45)32-25-27-39-40-20-10-19-33(48(40)56-46(39)29-32)31-24-26-38-36-16-5-4-14-34(36)35-15-6-7-17-37(35)43(38)28-31/h1-29H. The third-order valence-corrected chi connectivity index (χ3v) is 12.3. The van der Waals surface area contributed by atoms with Crippen LogP contribution in [0.5, 0.6) is 0 Å². The van der Waals surface area contributed by atoms with Gasteiger partial charge in [0.25, 0.3) is 0 Å². The van der Waals surface area contributed by atoms with Crippen LogP contribution in [0.25, 0.3) is 120 Å². The van der Waals surface area contributed by atoms with Gasteiger partial charge in [-0.2, -0.15) is 0 Å². The molecule has 0 aliphatic heterocycles. The van der Waals surface area contributed by atoms with Gasteiger partial charge < -0.3 is 4.42 Å². The smallest absolute Gasteiger partial charge is 0.164 e. The van der Waals surface area contributed by atoms with Crippen LogP contribution in [0.1, 0.15) is 0 Å². The third-order valence-electron chi connectivity index (χ3n) is 11.1. The van der Waals surface area contributed by atoms with Crippen molar-refractivity contribution in [3.63, 3.8) is 0 Å². The van der Waals surface area contributed by atoms with Crippen LogP contribution >= 0.6 is 11.3 Å². The lowest BCUT2D eigenvalue weighted by molar-refractivity contribution is 0.669. The number of nitrogens with zero attached hydrogens (tertiary/aromatic N) is 3. The molecule has 4 nitrogen and oxygen atoms in total. The summed E-state index contributed by atoms with van der Waals surface area (Å²) in [5.74, 6) is 1.87. The number of fused-ring (bicyclic) bond motifs is 12. The number of benzene rings is 9. The van der Waals surface area contributed by atoms with E-state index in [0.29, 0.717) is 17.5 Å². The summed E-state index contributed by atoms with van der Waals surface area (Å²) < 4.78 is 8.71. The predicted molar refractivity (Wildman–Crippen MR) is 234 cm³/mol. The van der Waals surface area contributed by atoms with Crippen molar-refractivity contribution in [3.8, 4) is 45.3 Å². The van der Waals surface area contributed by atoms with Crippen LogP contribution in [0.3, 0.4) is 0 Å². The minimum absolute atomic E-state index is 0.612. The molecular weight excluding hydrogens is 703 g/mol. The fraction of sp³-hybridized carbons (Fsp3) is 0. The van der Waals surface area contributed by atoms with Crippen LogP contribution in [-0.4, -0.2) is 15.0 Å². The number of thiophene rings is 1. The van der Waals surface area contributed by atoms with Crippen LogP contribution in [0.4, 0.5) is 0 Å². The van der Waals surface area contributed by atoms with Crippen molar-refractivity contribution in [3.05, 3.63) is 176 Å². The van der Waals surface area contributed by atoms with E-state index >= 15 is 0 Å². The molecule has 12 rings (SSSR count). The van der Waals surface area contributed by atoms with E-state index in [-0.39, 0.29) is 0 Å². The Labute approximate surface area is 325 Å². The molecule has 0 bridgehead atoms. The summed E-state index contributed by atoms with van der Waals surface area (Å²) in [6.07, 6.45) is 0. The molecule has 5 heteroatoms. The molecule has 9 aromatic carbocycles. The Morgan fingerprint density at radius 1 is 0.339 bits per heavy atom. The molecule has 0 spiro atoms. The number of furan rings is 1. The highest BCUT2D eigenvalue weighted by Gasteiger charge is 2.19. The number of hydrogen-bond acceptors (Lipinski definition) is 5. The molecule has 0 amide bonds. The second-order valence-electron chi connectivity index (χ2n) is 14.3. The Hall–Kier alpha value is -7.21. The highest BCUT2D eigenvalue weighted by atomic mass is 32.1. The molecule has 0 radical (unpaired) electrons. The molecule has 3 heterocycles. The maximum atomic E-state index is 6.25. The van der Waals surface area contributed by atoms with E-state index < -0.39 is 0 Å². The van der Waals surface area contributed by atoms with E-state index in [1.54, 1.807) is 0 Å². The molecule has 0 saturated heterocycles. The quantitative estimate of drug-likeness (QED) is 0.169. The average Bonchev–Trinajstić information content (AvgIpc) is 3.85. The Kier molecular flexibility index (Phi) is 6.76. The molecule has 12 aromatic rings. The minimum Gasteiger partial charge on any atom is -0.456 e. The monoisotopic (exact) mass is 731 g/mol. The molecule has 0 atom stereocenters. The van der Waals surface area contributed by atoms with Gasteiger partial charge in [-0.3, -0.25) is 0 Å². The largest absolute Gasteiger partial charge is 0.456 e. The minimum atomic E-state index is 0.612. The van der Waals surface area contributed by atoms with Gasteiger partial charge in [-0.1, -0.05) is 152 Å². The number of hydrogen-bond donors (Lipinski definition) is 0. The van der Waals surface area contributed by atoms with Gasteiger partial charge in [-0.05, 0) is 67.7 Å². The van der Waals surface area contributed by atoms with Crippen molar-refractivity contribution in [2.75, 3.05) is 0 Å². The zero-order chi connectivity index (χ0) is 36.7. The van der Waals surface area contributed by atoms with Crippen molar-refractivity contribution in [1.29, 1.82) is 0 Å². The van der Waals surface area contributed by atoms with E-state index in [0.717, 1.165) is 38.6 Å². The van der Waals surface area contributed by atoms with E-state index in [1.165, 1.54) is 63.6 Å². The van der Waals surface area contributed by atoms with Crippen LogP contribution in [0.2, 0.25) is 0 Å². The van der Waals surface area contributed by atoms with Gasteiger partial charge in [0.1, 0.15) is 11.2 Å². The second-order valence-corrected chi connectivity index (χ2v) is 15.3. The molecule has 3 aromatic heterocycles. The first-order chi connectivity index (χ1) is 27.7. The Morgan fingerprint density at radius 3 is 1.68 bits per heavy atom. The zero-order valence-corrected chi connectivity index (χ0v) is 30.7. The SMILES string of the molecule is c1ccc(-c2nc(-c3ccc4c(c3)sc3c(-c5ccc6c7ccccc7c7ccccc7c6c5)cccc34)nc(-c3cccc4oc5ccccc5c34)n2)cc1. The first kappa shape index (κ1) is 31.2. The third kappa shape index (κ3) is 4.75. The molecule has 0 fully saturated rings. The highest BCUT2D eigenvalue weighted by Crippen LogP contribution is 2.44. The maximum Gasteiger partial charge on any atom is 0.164 e. The molecule has 0 saturated carbocycles. The lowest BCUT2D eigenvalue weighted by Crippen LogP contribution is -2.00. The normalized spacial score (nSPS) is 11.9. The van der Waals surface area contributed by atoms with E-state index in [4.69, 9.17) is 19.4 Å². The molecular formula is C51H29N3OS. The molecule has 0 aliphatic carbocycles. The van der Waals surface area contributed by atoms with Gasteiger partial charge in [-0.15, -0.1) is 11.3 Å². The molecule has 260 valence electrons. The summed E-state index contributed by atoms with van der Waals surface area (Å²) >= 11 is 1.83. The van der Waals surface area contributed by atoms with Crippen molar-refractivity contribution < 1.29 is 4.42 Å². The molecule has 0 aliphatic rings. The number of aromatic nitrogens is 3. The zero-order valence-electron chi connectivity index (χ0n) is 29.9. The average molecular weight is 732 g/mol. The second kappa shape index (κ2) is 12.2. The summed E-state index contributed by atoms with van der Waals surface area (Å²) in [5.41, 5.74) is 6.89. The van der Waals surface area contributed by atoms with Gasteiger partial charge in [0, 0.05) is 47.6 Å². The van der Waals surface area contributed by atoms with Crippen LogP contribution in [0, 0.1) is 0 Å². The van der Waals surface area contributed by atoms with Gasteiger partial charge >= 0.3 is 0 Å². The van der Waals surface area contributed by atoms with Crippen LogP contribution in [-0.2, 0) is 0 Å². The first-order valence-corrected chi connectivity index (χ1v) is 19.6. The summed E-state index contributed by atoms with van der Waals surface area (Å²) in [4.78, 5) is 15.3. The molecule has 56 heavy (non-hydrogen) atoms. The van der Waals surface area contributed by atoms with Crippen molar-refractivity contribution in [1.82, 2.24) is 15.0 Å². The number of rotatable bonds is 4. The molecule has 0 N–H and O–H groups in total. The summed E-state index contributed by atoms with van der Waals surface area (Å²) in [7, 11) is 0. The van der Waals surface area contributed by atoms with E-state index in [2.05, 4.69) is 115 Å². The van der Waals surface area contributed by atoms with Gasteiger partial charge in [-0.25, -0.2) is 15.0 Å². The fourth-order valence-corrected chi connectivity index (χ4v) is 9.82. The lowest BCUT2D eigenvalue weighted by atomic mass is 9.92. The summed E-state index contributed by atoms with van der Waals surface area (Å²) in [5, 5.41) is 12.2. The summed E-state index contributed by atoms with van der Waals surface area (Å²) in [6.45, 7) is 0. The van der Waals surface area contributed by atoms with Gasteiger partial charge in [0.15, 0.2) is 17.5 Å². The van der Waals surface area contributed by atoms with Crippen LogP contribution < -0.4 is 0 Å². The fourth-order valence-electron chi connectivity index (χ4n) is 8.54. The predicted octanol–water partition coefficient (Wildman–Crippen LogP) is 14.3. The van der Waals surface area contributed by atoms with Crippen molar-refractivity contribution >= 4 is 85.8 Å². The Balaban J connectivity index is 1.03. The van der Waals surface area contributed by atoms with Crippen molar-refractivity contribution in [2.45, 2.75) is 0 Å². The summed E-state index contributed by atoms with van der Waals surface area (Å²) in [6, 6.07) is 62.2. The lowest BCUT2D eigenvalue weighted by Gasteiger charge is -2.12. The first-order valence-electron chi connectivity index (χ1n) is 18.8. The maximum absolute atomic E-state index is 6.25. The van der Waals surface area contributed by atoms with Crippen molar-refractivity contribution in [2.24, 2.45) is 0 Å². The Morgan fingerprint density at radius 2 is 0.893 bits per heavy atom. The van der Waals surface area contributed by atoms with E-state index in [1.807, 2.05) is 72.0 Å². The Bertz CT molecular complexity index is 3510. The van der Waals surface area contributed by atoms with E-state index in [9.17, 15) is 0 Å². The van der Waals surface area contributed by atoms with Crippen LogP contribution in [0.15, 0.2) is 180 Å². The topological polar surface area (TPSA) is 51.8 Å². The molecule has 0 unspecified atom stereocenters. The number of para-hydroxylation sites is 1.